The van der Waals surface area contributed by atoms with E-state index in [0.29, 0.717) is 13.0 Å². The number of ether oxygens (including phenoxy) is 1. The van der Waals surface area contributed by atoms with Gasteiger partial charge in [-0.25, -0.2) is 0 Å². The molecule has 5 heteroatoms. The van der Waals surface area contributed by atoms with Gasteiger partial charge in [-0.15, -0.1) is 0 Å². The smallest absolute Gasteiger partial charge is 0.389 e. The Morgan fingerprint density at radius 2 is 1.85 bits per heavy atom. The number of hydrogen-bond donors (Lipinski definition) is 1. The predicted molar refractivity (Wildman–Crippen MR) is 73.9 cm³/mol. The quantitative estimate of drug-likeness (QED) is 0.737. The highest BCUT2D eigenvalue weighted by Crippen LogP contribution is 2.23. The lowest BCUT2D eigenvalue weighted by Crippen LogP contribution is -2.32. The van der Waals surface area contributed by atoms with Crippen LogP contribution in [0, 0.1) is 0 Å². The third kappa shape index (κ3) is 8.04. The van der Waals surface area contributed by atoms with Crippen LogP contribution in [0.25, 0.3) is 0 Å². The van der Waals surface area contributed by atoms with E-state index in [1.165, 1.54) is 0 Å². The van der Waals surface area contributed by atoms with E-state index < -0.39 is 12.6 Å². The summed E-state index contributed by atoms with van der Waals surface area (Å²) in [5.74, 6) is 0.748. The van der Waals surface area contributed by atoms with Gasteiger partial charge in [-0.05, 0) is 37.9 Å². The Bertz CT molecular complexity index is 354. The minimum absolute atomic E-state index is 0.0989. The summed E-state index contributed by atoms with van der Waals surface area (Å²) in [6.07, 6.45) is -3.26. The van der Waals surface area contributed by atoms with Gasteiger partial charge in [0.2, 0.25) is 0 Å². The van der Waals surface area contributed by atoms with Crippen molar-refractivity contribution < 1.29 is 17.9 Å². The van der Waals surface area contributed by atoms with Crippen molar-refractivity contribution in [2.75, 3.05) is 13.2 Å². The first kappa shape index (κ1) is 16.8. The highest BCUT2D eigenvalue weighted by atomic mass is 19.4. The summed E-state index contributed by atoms with van der Waals surface area (Å²) in [6.45, 7) is 3.14. The Balaban J connectivity index is 2.32. The van der Waals surface area contributed by atoms with E-state index in [0.717, 1.165) is 18.7 Å². The van der Waals surface area contributed by atoms with Gasteiger partial charge in [0.1, 0.15) is 5.75 Å². The van der Waals surface area contributed by atoms with E-state index >= 15 is 0 Å². The Morgan fingerprint density at radius 3 is 2.45 bits per heavy atom. The van der Waals surface area contributed by atoms with E-state index in [-0.39, 0.29) is 12.5 Å². The highest BCUT2D eigenvalue weighted by Gasteiger charge is 2.28. The van der Waals surface area contributed by atoms with Crippen LogP contribution in [0.4, 0.5) is 13.2 Å². The first-order valence-corrected chi connectivity index (χ1v) is 6.99. The molecule has 0 aromatic heterocycles. The number of hydrogen-bond acceptors (Lipinski definition) is 2. The molecule has 1 aromatic rings. The van der Waals surface area contributed by atoms with Crippen molar-refractivity contribution in [1.82, 2.24) is 5.32 Å². The van der Waals surface area contributed by atoms with E-state index in [1.807, 2.05) is 37.3 Å². The molecule has 0 bridgehead atoms. The Hall–Kier alpha value is -1.23. The van der Waals surface area contributed by atoms with Crippen molar-refractivity contribution in [3.05, 3.63) is 30.3 Å². The van der Waals surface area contributed by atoms with Gasteiger partial charge in [0.15, 0.2) is 0 Å². The van der Waals surface area contributed by atoms with Crippen LogP contribution in [-0.4, -0.2) is 25.4 Å². The SMILES string of the molecule is CCCNC(CCOc1ccccc1)CCC(F)(F)F. The fourth-order valence-corrected chi connectivity index (χ4v) is 1.87. The molecule has 0 aliphatic heterocycles. The van der Waals surface area contributed by atoms with Crippen LogP contribution in [-0.2, 0) is 0 Å². The molecule has 0 spiro atoms. The largest absolute Gasteiger partial charge is 0.494 e. The minimum atomic E-state index is -4.09. The lowest BCUT2D eigenvalue weighted by atomic mass is 10.1. The maximum atomic E-state index is 12.3. The molecular formula is C15H22F3NO. The molecule has 114 valence electrons. The summed E-state index contributed by atoms with van der Waals surface area (Å²) in [5, 5.41) is 3.15. The molecule has 1 unspecified atom stereocenters. The molecule has 0 heterocycles. The molecule has 20 heavy (non-hydrogen) atoms. The second-order valence-electron chi connectivity index (χ2n) is 4.76. The third-order valence-electron chi connectivity index (χ3n) is 2.94. The van der Waals surface area contributed by atoms with Crippen molar-refractivity contribution in [3.63, 3.8) is 0 Å². The predicted octanol–water partition coefficient (Wildman–Crippen LogP) is 4.17. The van der Waals surface area contributed by atoms with Crippen molar-refractivity contribution in [3.8, 4) is 5.75 Å². The van der Waals surface area contributed by atoms with E-state index in [4.69, 9.17) is 4.74 Å². The maximum Gasteiger partial charge on any atom is 0.389 e. The summed E-state index contributed by atoms with van der Waals surface area (Å²) in [7, 11) is 0. The molecule has 1 rings (SSSR count). The van der Waals surface area contributed by atoms with Crippen LogP contribution in [0.15, 0.2) is 30.3 Å². The van der Waals surface area contributed by atoms with Gasteiger partial charge in [0.05, 0.1) is 6.61 Å². The first-order chi connectivity index (χ1) is 9.51. The van der Waals surface area contributed by atoms with Crippen LogP contribution in [0.5, 0.6) is 5.75 Å². The number of benzene rings is 1. The molecule has 1 atom stereocenters. The van der Waals surface area contributed by atoms with E-state index in [1.54, 1.807) is 0 Å². The van der Waals surface area contributed by atoms with Gasteiger partial charge in [0.25, 0.3) is 0 Å². The normalized spacial score (nSPS) is 13.2. The Kier molecular flexibility index (Phi) is 7.44. The van der Waals surface area contributed by atoms with Crippen LogP contribution in [0.2, 0.25) is 0 Å². The van der Waals surface area contributed by atoms with Crippen molar-refractivity contribution in [1.29, 1.82) is 0 Å². The zero-order chi connectivity index (χ0) is 14.8. The first-order valence-electron chi connectivity index (χ1n) is 6.99. The van der Waals surface area contributed by atoms with Gasteiger partial charge in [0, 0.05) is 12.5 Å². The number of nitrogens with one attached hydrogen (secondary N) is 1. The van der Waals surface area contributed by atoms with Crippen LogP contribution in [0.3, 0.4) is 0 Å². The second kappa shape index (κ2) is 8.84. The van der Waals surface area contributed by atoms with E-state index in [9.17, 15) is 13.2 Å². The fourth-order valence-electron chi connectivity index (χ4n) is 1.87. The number of halogens is 3. The van der Waals surface area contributed by atoms with Crippen LogP contribution >= 0.6 is 0 Å². The van der Waals surface area contributed by atoms with Gasteiger partial charge in [-0.1, -0.05) is 25.1 Å². The van der Waals surface area contributed by atoms with Crippen LogP contribution < -0.4 is 10.1 Å². The Morgan fingerprint density at radius 1 is 1.15 bits per heavy atom. The molecule has 0 aliphatic rings. The second-order valence-corrected chi connectivity index (χ2v) is 4.76. The van der Waals surface area contributed by atoms with Gasteiger partial charge in [-0.2, -0.15) is 13.2 Å². The average Bonchev–Trinajstić information content (AvgIpc) is 2.41. The molecule has 0 fully saturated rings. The molecule has 1 N–H and O–H groups in total. The molecule has 0 aliphatic carbocycles. The van der Waals surface area contributed by atoms with Gasteiger partial charge in [-0.3, -0.25) is 0 Å². The third-order valence-corrected chi connectivity index (χ3v) is 2.94. The maximum absolute atomic E-state index is 12.3. The molecule has 0 radical (unpaired) electrons. The van der Waals surface area contributed by atoms with Gasteiger partial charge >= 0.3 is 6.18 Å². The summed E-state index contributed by atoms with van der Waals surface area (Å²) >= 11 is 0. The zero-order valence-electron chi connectivity index (χ0n) is 11.7. The number of para-hydroxylation sites is 1. The fraction of sp³-hybridized carbons (Fsp3) is 0.600. The molecule has 0 saturated carbocycles. The minimum Gasteiger partial charge on any atom is -0.494 e. The van der Waals surface area contributed by atoms with Gasteiger partial charge < -0.3 is 10.1 Å². The standard InChI is InChI=1S/C15H22F3NO/c1-2-11-19-13(8-10-15(16,17)18)9-12-20-14-6-4-3-5-7-14/h3-7,13,19H,2,8-12H2,1H3. The topological polar surface area (TPSA) is 21.3 Å². The van der Waals surface area contributed by atoms with Crippen molar-refractivity contribution in [2.24, 2.45) is 0 Å². The van der Waals surface area contributed by atoms with Crippen LogP contribution in [0.1, 0.15) is 32.6 Å². The molecule has 2 nitrogen and oxygen atoms in total. The summed E-state index contributed by atoms with van der Waals surface area (Å²) in [6, 6.07) is 9.15. The molecular weight excluding hydrogens is 267 g/mol. The summed E-state index contributed by atoms with van der Waals surface area (Å²) in [5.41, 5.74) is 0. The average molecular weight is 289 g/mol. The molecule has 0 amide bonds. The monoisotopic (exact) mass is 289 g/mol. The Labute approximate surface area is 118 Å². The lowest BCUT2D eigenvalue weighted by molar-refractivity contribution is -0.136. The molecule has 0 saturated heterocycles. The van der Waals surface area contributed by atoms with Crippen molar-refractivity contribution >= 4 is 0 Å². The highest BCUT2D eigenvalue weighted by molar-refractivity contribution is 5.20. The van der Waals surface area contributed by atoms with Crippen molar-refractivity contribution in [2.45, 2.75) is 44.8 Å². The summed E-state index contributed by atoms with van der Waals surface area (Å²) in [4.78, 5) is 0. The number of rotatable bonds is 9. The van der Waals surface area contributed by atoms with E-state index in [2.05, 4.69) is 5.32 Å². The lowest BCUT2D eigenvalue weighted by Gasteiger charge is -2.19. The molecule has 1 aromatic carbocycles. The summed E-state index contributed by atoms with van der Waals surface area (Å²) < 4.78 is 42.3. The zero-order valence-corrected chi connectivity index (χ0v) is 11.7. The number of alkyl halides is 3.